The lowest BCUT2D eigenvalue weighted by molar-refractivity contribution is -0.133. The van der Waals surface area contributed by atoms with Crippen LogP contribution in [-0.4, -0.2) is 31.2 Å². The minimum atomic E-state index is -1.02. The van der Waals surface area contributed by atoms with Gasteiger partial charge >= 0.3 is 5.97 Å². The smallest absolute Gasteiger partial charge is 0.332 e. The Balaban J connectivity index is 2.26. The van der Waals surface area contributed by atoms with E-state index < -0.39 is 5.97 Å². The lowest BCUT2D eigenvalue weighted by atomic mass is 9.91. The monoisotopic (exact) mass is 305 g/mol. The minimum Gasteiger partial charge on any atom is -0.497 e. The third-order valence-electron chi connectivity index (χ3n) is 3.61. The van der Waals surface area contributed by atoms with E-state index in [-0.39, 0.29) is 11.5 Å². The summed E-state index contributed by atoms with van der Waals surface area (Å²) in [5.74, 6) is -0.308. The number of hydrogen-bond acceptors (Lipinski definition) is 4. The molecule has 0 bridgehead atoms. The van der Waals surface area contributed by atoms with Crippen molar-refractivity contribution in [3.8, 4) is 11.5 Å². The van der Waals surface area contributed by atoms with Crippen LogP contribution in [0, 0.1) is 0 Å². The third-order valence-corrected chi connectivity index (χ3v) is 3.61. The Morgan fingerprint density at radius 3 is 2.05 bits per heavy atom. The van der Waals surface area contributed by atoms with Gasteiger partial charge in [0.15, 0.2) is 0 Å². The molecule has 2 rings (SSSR count). The molecule has 2 N–H and O–H groups in total. The fraction of sp³-hybridized carbons (Fsp3) is 0.375. The van der Waals surface area contributed by atoms with Crippen molar-refractivity contribution in [1.82, 2.24) is 0 Å². The standard InChI is InChI=1S/C16H19NO5/c1-21-11-7-10(8-12(9-11)22-2)17-15(18)13-5-3-4-6-14(13)16(19)20/h7-9H,3-6H2,1-2H3,(H,17,18)(H,19,20). The fourth-order valence-electron chi connectivity index (χ4n) is 2.48. The molecular formula is C16H19NO5. The summed E-state index contributed by atoms with van der Waals surface area (Å²) in [7, 11) is 3.04. The van der Waals surface area contributed by atoms with Gasteiger partial charge in [-0.1, -0.05) is 0 Å². The first-order chi connectivity index (χ1) is 10.5. The maximum Gasteiger partial charge on any atom is 0.332 e. The van der Waals surface area contributed by atoms with Crippen molar-refractivity contribution >= 4 is 17.6 Å². The van der Waals surface area contributed by atoms with E-state index in [1.165, 1.54) is 14.2 Å². The summed E-state index contributed by atoms with van der Waals surface area (Å²) in [5, 5.41) is 11.9. The van der Waals surface area contributed by atoms with Crippen molar-refractivity contribution in [1.29, 1.82) is 0 Å². The van der Waals surface area contributed by atoms with Crippen LogP contribution in [0.15, 0.2) is 29.3 Å². The maximum absolute atomic E-state index is 12.4. The molecule has 0 unspecified atom stereocenters. The van der Waals surface area contributed by atoms with Crippen molar-refractivity contribution in [2.24, 2.45) is 0 Å². The van der Waals surface area contributed by atoms with Gasteiger partial charge in [0.1, 0.15) is 11.5 Å². The van der Waals surface area contributed by atoms with Gasteiger partial charge in [-0.2, -0.15) is 0 Å². The SMILES string of the molecule is COc1cc(NC(=O)C2=C(C(=O)O)CCCC2)cc(OC)c1. The summed E-state index contributed by atoms with van der Waals surface area (Å²) in [4.78, 5) is 23.6. The summed E-state index contributed by atoms with van der Waals surface area (Å²) in [5.41, 5.74) is 1.06. The van der Waals surface area contributed by atoms with Crippen LogP contribution in [0.25, 0.3) is 0 Å². The van der Waals surface area contributed by atoms with Crippen LogP contribution in [0.2, 0.25) is 0 Å². The van der Waals surface area contributed by atoms with Gasteiger partial charge in [-0.3, -0.25) is 4.79 Å². The second-order valence-corrected chi connectivity index (χ2v) is 5.02. The molecule has 22 heavy (non-hydrogen) atoms. The summed E-state index contributed by atoms with van der Waals surface area (Å²) < 4.78 is 10.3. The third kappa shape index (κ3) is 3.58. The van der Waals surface area contributed by atoms with Crippen molar-refractivity contribution < 1.29 is 24.2 Å². The Morgan fingerprint density at radius 2 is 1.55 bits per heavy atom. The van der Waals surface area contributed by atoms with E-state index in [2.05, 4.69) is 5.32 Å². The maximum atomic E-state index is 12.4. The molecule has 0 fully saturated rings. The molecule has 0 radical (unpaired) electrons. The normalized spacial score (nSPS) is 14.5. The molecule has 0 atom stereocenters. The fourth-order valence-corrected chi connectivity index (χ4v) is 2.48. The molecule has 1 aliphatic rings. The quantitative estimate of drug-likeness (QED) is 0.873. The number of carboxylic acid groups (broad SMARTS) is 1. The Morgan fingerprint density at radius 1 is 1.00 bits per heavy atom. The number of carbonyl (C=O) groups is 2. The van der Waals surface area contributed by atoms with Crippen LogP contribution in [-0.2, 0) is 9.59 Å². The molecule has 0 saturated carbocycles. The van der Waals surface area contributed by atoms with Gasteiger partial charge in [0.2, 0.25) is 0 Å². The highest BCUT2D eigenvalue weighted by atomic mass is 16.5. The lowest BCUT2D eigenvalue weighted by Gasteiger charge is -2.17. The van der Waals surface area contributed by atoms with E-state index >= 15 is 0 Å². The molecule has 0 aromatic heterocycles. The van der Waals surface area contributed by atoms with Crippen LogP contribution in [0.3, 0.4) is 0 Å². The van der Waals surface area contributed by atoms with Gasteiger partial charge in [0.05, 0.1) is 14.2 Å². The molecule has 118 valence electrons. The summed E-state index contributed by atoms with van der Waals surface area (Å²) in [6.07, 6.45) is 2.53. The molecule has 1 aliphatic carbocycles. The summed E-state index contributed by atoms with van der Waals surface area (Å²) >= 11 is 0. The number of carboxylic acids is 1. The zero-order valence-corrected chi connectivity index (χ0v) is 12.6. The highest BCUT2D eigenvalue weighted by Gasteiger charge is 2.23. The largest absolute Gasteiger partial charge is 0.497 e. The lowest BCUT2D eigenvalue weighted by Crippen LogP contribution is -2.21. The Hall–Kier alpha value is -2.50. The average molecular weight is 305 g/mol. The number of ether oxygens (including phenoxy) is 2. The number of hydrogen-bond donors (Lipinski definition) is 2. The molecule has 0 spiro atoms. The number of nitrogens with one attached hydrogen (secondary N) is 1. The highest BCUT2D eigenvalue weighted by Crippen LogP contribution is 2.29. The zero-order valence-electron chi connectivity index (χ0n) is 12.6. The van der Waals surface area contributed by atoms with Gasteiger partial charge in [-0.25, -0.2) is 4.79 Å². The van der Waals surface area contributed by atoms with E-state index in [9.17, 15) is 14.7 Å². The van der Waals surface area contributed by atoms with Crippen molar-refractivity contribution in [3.05, 3.63) is 29.3 Å². The molecule has 0 saturated heterocycles. The van der Waals surface area contributed by atoms with Gasteiger partial charge in [-0.05, 0) is 25.7 Å². The molecule has 1 aromatic carbocycles. The van der Waals surface area contributed by atoms with Crippen molar-refractivity contribution in [2.75, 3.05) is 19.5 Å². The summed E-state index contributed by atoms with van der Waals surface area (Å²) in [6.45, 7) is 0. The average Bonchev–Trinajstić information content (AvgIpc) is 2.54. The van der Waals surface area contributed by atoms with Crippen LogP contribution >= 0.6 is 0 Å². The first kappa shape index (κ1) is 15.9. The zero-order chi connectivity index (χ0) is 16.1. The number of rotatable bonds is 5. The van der Waals surface area contributed by atoms with Gasteiger partial charge in [0.25, 0.3) is 5.91 Å². The van der Waals surface area contributed by atoms with Gasteiger partial charge < -0.3 is 19.9 Å². The molecule has 6 nitrogen and oxygen atoms in total. The number of carbonyl (C=O) groups excluding carboxylic acids is 1. The molecule has 1 amide bonds. The predicted molar refractivity (Wildman–Crippen MR) is 81.3 cm³/mol. The molecule has 1 aromatic rings. The number of aliphatic carboxylic acids is 1. The van der Waals surface area contributed by atoms with Crippen LogP contribution in [0.5, 0.6) is 11.5 Å². The topological polar surface area (TPSA) is 84.9 Å². The van der Waals surface area contributed by atoms with Crippen LogP contribution in [0.4, 0.5) is 5.69 Å². The molecule has 0 aliphatic heterocycles. The first-order valence-electron chi connectivity index (χ1n) is 7.05. The molecule has 6 heteroatoms. The Labute approximate surface area is 128 Å². The Bertz CT molecular complexity index is 599. The van der Waals surface area contributed by atoms with E-state index in [1.54, 1.807) is 18.2 Å². The predicted octanol–water partition coefficient (Wildman–Crippen LogP) is 2.60. The molecule has 0 heterocycles. The number of amides is 1. The second-order valence-electron chi connectivity index (χ2n) is 5.02. The minimum absolute atomic E-state index is 0.207. The van der Waals surface area contributed by atoms with Crippen molar-refractivity contribution in [2.45, 2.75) is 25.7 Å². The van der Waals surface area contributed by atoms with E-state index in [4.69, 9.17) is 9.47 Å². The summed E-state index contributed by atoms with van der Waals surface area (Å²) in [6, 6.07) is 5.01. The second kappa shape index (κ2) is 6.98. The number of benzene rings is 1. The number of methoxy groups -OCH3 is 2. The first-order valence-corrected chi connectivity index (χ1v) is 7.05. The van der Waals surface area contributed by atoms with Gasteiger partial charge in [0, 0.05) is 35.0 Å². The van der Waals surface area contributed by atoms with E-state index in [0.29, 0.717) is 35.6 Å². The van der Waals surface area contributed by atoms with E-state index in [1.807, 2.05) is 0 Å². The molecular weight excluding hydrogens is 286 g/mol. The van der Waals surface area contributed by atoms with Crippen molar-refractivity contribution in [3.63, 3.8) is 0 Å². The van der Waals surface area contributed by atoms with E-state index in [0.717, 1.165) is 12.8 Å². The highest BCUT2D eigenvalue weighted by molar-refractivity contribution is 6.09. The van der Waals surface area contributed by atoms with Crippen LogP contribution < -0.4 is 14.8 Å². The number of anilines is 1. The Kier molecular flexibility index (Phi) is 5.04. The van der Waals surface area contributed by atoms with Crippen LogP contribution in [0.1, 0.15) is 25.7 Å². The van der Waals surface area contributed by atoms with Gasteiger partial charge in [-0.15, -0.1) is 0 Å².